The standard InChI is InChI=1S/C19H19N3O2S/c1-11-5-6-13-4-3-9-20-17(13)18(11)25(24)19-21-15-8-7-14(12(2)23)10-16(15)22-19/h3-4,7-11,18H,5-6H2,1-2H3,(H,21,22). The molecule has 25 heavy (non-hydrogen) atoms. The molecule has 5 nitrogen and oxygen atoms in total. The van der Waals surface area contributed by atoms with Gasteiger partial charge in [-0.2, -0.15) is 0 Å². The number of aryl methyl sites for hydroxylation is 1. The van der Waals surface area contributed by atoms with Crippen molar-refractivity contribution in [2.75, 3.05) is 0 Å². The summed E-state index contributed by atoms with van der Waals surface area (Å²) in [5.41, 5.74) is 4.17. The average Bonchev–Trinajstić information content (AvgIpc) is 3.04. The summed E-state index contributed by atoms with van der Waals surface area (Å²) in [7, 11) is -1.33. The Morgan fingerprint density at radius 1 is 1.32 bits per heavy atom. The van der Waals surface area contributed by atoms with E-state index in [4.69, 9.17) is 0 Å². The van der Waals surface area contributed by atoms with E-state index in [9.17, 15) is 9.00 Å². The minimum atomic E-state index is -1.33. The van der Waals surface area contributed by atoms with E-state index >= 15 is 0 Å². The van der Waals surface area contributed by atoms with Crippen molar-refractivity contribution in [2.24, 2.45) is 5.92 Å². The summed E-state index contributed by atoms with van der Waals surface area (Å²) >= 11 is 0. The van der Waals surface area contributed by atoms with Crippen molar-refractivity contribution in [1.82, 2.24) is 15.0 Å². The van der Waals surface area contributed by atoms with Gasteiger partial charge >= 0.3 is 0 Å². The molecule has 1 aliphatic carbocycles. The van der Waals surface area contributed by atoms with Crippen LogP contribution in [0.2, 0.25) is 0 Å². The molecular formula is C19H19N3O2S. The van der Waals surface area contributed by atoms with E-state index in [1.807, 2.05) is 6.07 Å². The fourth-order valence-corrected chi connectivity index (χ4v) is 5.07. The third-order valence-electron chi connectivity index (χ3n) is 4.87. The second-order valence-electron chi connectivity index (χ2n) is 6.61. The van der Waals surface area contributed by atoms with Gasteiger partial charge in [0.05, 0.1) is 32.8 Å². The molecule has 0 spiro atoms. The number of hydrogen-bond acceptors (Lipinski definition) is 4. The lowest BCUT2D eigenvalue weighted by molar-refractivity contribution is 0.101. The Balaban J connectivity index is 1.76. The van der Waals surface area contributed by atoms with Crippen LogP contribution in [0.4, 0.5) is 0 Å². The van der Waals surface area contributed by atoms with Crippen LogP contribution in [-0.2, 0) is 17.2 Å². The molecule has 0 radical (unpaired) electrons. The Kier molecular flexibility index (Phi) is 4.00. The highest BCUT2D eigenvalue weighted by molar-refractivity contribution is 7.85. The van der Waals surface area contributed by atoms with Crippen molar-refractivity contribution in [1.29, 1.82) is 0 Å². The smallest absolute Gasteiger partial charge is 0.198 e. The van der Waals surface area contributed by atoms with Gasteiger partial charge in [-0.3, -0.25) is 14.0 Å². The lowest BCUT2D eigenvalue weighted by Gasteiger charge is -2.28. The number of Topliss-reactive ketones (excluding diaryl/α,β-unsaturated/α-hetero) is 1. The molecule has 0 fully saturated rings. The summed E-state index contributed by atoms with van der Waals surface area (Å²) in [5, 5.41) is 0.281. The van der Waals surface area contributed by atoms with Crippen LogP contribution < -0.4 is 0 Å². The number of ketones is 1. The lowest BCUT2D eigenvalue weighted by Crippen LogP contribution is -2.24. The molecule has 0 aliphatic heterocycles. The number of carbonyl (C=O) groups excluding carboxylic acids is 1. The van der Waals surface area contributed by atoms with E-state index in [0.29, 0.717) is 10.7 Å². The number of nitrogens with zero attached hydrogens (tertiary/aromatic N) is 2. The van der Waals surface area contributed by atoms with Gasteiger partial charge in [-0.25, -0.2) is 4.98 Å². The van der Waals surface area contributed by atoms with Gasteiger partial charge in [-0.15, -0.1) is 0 Å². The minimum absolute atomic E-state index is 0.00166. The van der Waals surface area contributed by atoms with Crippen molar-refractivity contribution < 1.29 is 9.00 Å². The maximum atomic E-state index is 13.3. The molecule has 2 aromatic heterocycles. The predicted octanol–water partition coefficient (Wildman–Crippen LogP) is 3.59. The molecule has 3 atom stereocenters. The Bertz CT molecular complexity index is 995. The molecule has 3 unspecified atom stereocenters. The van der Waals surface area contributed by atoms with Crippen LogP contribution in [0.5, 0.6) is 0 Å². The number of imidazole rings is 1. The second kappa shape index (κ2) is 6.19. The first-order valence-corrected chi connectivity index (χ1v) is 9.61. The van der Waals surface area contributed by atoms with E-state index in [2.05, 4.69) is 27.9 Å². The van der Waals surface area contributed by atoms with Crippen LogP contribution in [-0.4, -0.2) is 24.9 Å². The van der Waals surface area contributed by atoms with E-state index in [0.717, 1.165) is 29.6 Å². The van der Waals surface area contributed by atoms with Gasteiger partial charge in [0.1, 0.15) is 0 Å². The molecule has 0 saturated heterocycles. The summed E-state index contributed by atoms with van der Waals surface area (Å²) in [6, 6.07) is 9.30. The van der Waals surface area contributed by atoms with Crippen LogP contribution in [0, 0.1) is 5.92 Å². The maximum absolute atomic E-state index is 13.3. The molecule has 2 heterocycles. The first-order valence-electron chi connectivity index (χ1n) is 8.39. The van der Waals surface area contributed by atoms with Crippen LogP contribution >= 0.6 is 0 Å². The third-order valence-corrected chi connectivity index (χ3v) is 6.59. The van der Waals surface area contributed by atoms with Crippen molar-refractivity contribution in [3.8, 4) is 0 Å². The molecule has 1 aromatic carbocycles. The summed E-state index contributed by atoms with van der Waals surface area (Å²) in [4.78, 5) is 23.7. The molecule has 128 valence electrons. The number of nitrogens with one attached hydrogen (secondary N) is 1. The summed E-state index contributed by atoms with van der Waals surface area (Å²) in [6.45, 7) is 3.65. The van der Waals surface area contributed by atoms with Crippen LogP contribution in [0.15, 0.2) is 41.7 Å². The highest BCUT2D eigenvalue weighted by atomic mass is 32.2. The van der Waals surface area contributed by atoms with Crippen molar-refractivity contribution in [3.05, 3.63) is 53.3 Å². The number of H-pyrrole nitrogens is 1. The zero-order valence-corrected chi connectivity index (χ0v) is 15.0. The molecule has 0 bridgehead atoms. The molecule has 1 aliphatic rings. The summed E-state index contributed by atoms with van der Waals surface area (Å²) < 4.78 is 13.3. The number of benzene rings is 1. The van der Waals surface area contributed by atoms with Crippen molar-refractivity contribution in [2.45, 2.75) is 37.1 Å². The monoisotopic (exact) mass is 353 g/mol. The zero-order chi connectivity index (χ0) is 17.6. The second-order valence-corrected chi connectivity index (χ2v) is 8.10. The van der Waals surface area contributed by atoms with Gasteiger partial charge in [0.15, 0.2) is 10.9 Å². The molecule has 1 N–H and O–H groups in total. The number of rotatable bonds is 3. The normalized spacial score (nSPS) is 21.0. The van der Waals surface area contributed by atoms with E-state index in [1.54, 1.807) is 24.4 Å². The number of pyridine rings is 1. The Hall–Kier alpha value is -2.34. The number of hydrogen-bond donors (Lipinski definition) is 1. The molecule has 0 amide bonds. The number of fused-ring (bicyclic) bond motifs is 2. The van der Waals surface area contributed by atoms with Crippen molar-refractivity contribution >= 4 is 27.6 Å². The minimum Gasteiger partial charge on any atom is -0.331 e. The summed E-state index contributed by atoms with van der Waals surface area (Å²) in [6.07, 6.45) is 3.73. The van der Waals surface area contributed by atoms with Gasteiger partial charge in [-0.05, 0) is 55.5 Å². The van der Waals surface area contributed by atoms with Crippen LogP contribution in [0.1, 0.15) is 47.1 Å². The maximum Gasteiger partial charge on any atom is 0.198 e. The largest absolute Gasteiger partial charge is 0.331 e. The lowest BCUT2D eigenvalue weighted by atomic mass is 9.88. The van der Waals surface area contributed by atoms with Gasteiger partial charge in [-0.1, -0.05) is 13.0 Å². The van der Waals surface area contributed by atoms with Gasteiger partial charge in [0.2, 0.25) is 0 Å². The molecule has 6 heteroatoms. The van der Waals surface area contributed by atoms with Gasteiger partial charge in [0.25, 0.3) is 0 Å². The van der Waals surface area contributed by atoms with E-state index in [-0.39, 0.29) is 17.0 Å². The third kappa shape index (κ3) is 2.80. The Morgan fingerprint density at radius 3 is 2.96 bits per heavy atom. The number of carbonyl (C=O) groups is 1. The number of aromatic amines is 1. The van der Waals surface area contributed by atoms with Gasteiger partial charge in [0, 0.05) is 11.8 Å². The molecule has 0 saturated carbocycles. The van der Waals surface area contributed by atoms with Gasteiger partial charge < -0.3 is 4.98 Å². The zero-order valence-electron chi connectivity index (χ0n) is 14.2. The van der Waals surface area contributed by atoms with Crippen LogP contribution in [0.3, 0.4) is 0 Å². The Labute approximate surface area is 148 Å². The SMILES string of the molecule is CC(=O)c1ccc2nc(S(=O)C3c4ncccc4CCC3C)[nH]c2c1. The highest BCUT2D eigenvalue weighted by Crippen LogP contribution is 2.39. The molecule has 4 rings (SSSR count). The van der Waals surface area contributed by atoms with Crippen molar-refractivity contribution in [3.63, 3.8) is 0 Å². The van der Waals surface area contributed by atoms with E-state index < -0.39 is 10.8 Å². The highest BCUT2D eigenvalue weighted by Gasteiger charge is 2.34. The Morgan fingerprint density at radius 2 is 2.16 bits per heavy atom. The van der Waals surface area contributed by atoms with Crippen LogP contribution in [0.25, 0.3) is 11.0 Å². The average molecular weight is 353 g/mol. The fraction of sp³-hybridized carbons (Fsp3) is 0.316. The summed E-state index contributed by atoms with van der Waals surface area (Å²) in [5.74, 6) is 0.266. The fourth-order valence-electron chi connectivity index (χ4n) is 3.46. The number of aromatic nitrogens is 3. The molecule has 3 aromatic rings. The quantitative estimate of drug-likeness (QED) is 0.730. The molecular weight excluding hydrogens is 334 g/mol. The first kappa shape index (κ1) is 16.1. The topological polar surface area (TPSA) is 75.7 Å². The first-order chi connectivity index (χ1) is 12.0. The van der Waals surface area contributed by atoms with E-state index in [1.165, 1.54) is 12.5 Å². The predicted molar refractivity (Wildman–Crippen MR) is 97.0 cm³/mol.